The molecule has 3 N–H and O–H groups in total. The number of H-pyrrole nitrogens is 1. The number of aromatic nitrogens is 2. The minimum Gasteiger partial charge on any atom is -0.497 e. The molecular formula is C22H18ClN5O2S. The molecule has 1 amide bonds. The average molecular weight is 452 g/mol. The molecule has 31 heavy (non-hydrogen) atoms. The molecule has 0 aliphatic carbocycles. The van der Waals surface area contributed by atoms with E-state index in [1.807, 2.05) is 41.8 Å². The Kier molecular flexibility index (Phi) is 6.30. The molecule has 0 unspecified atom stereocenters. The van der Waals surface area contributed by atoms with Gasteiger partial charge in [0.15, 0.2) is 5.82 Å². The van der Waals surface area contributed by atoms with Crippen LogP contribution in [0.4, 0.5) is 23.0 Å². The van der Waals surface area contributed by atoms with Crippen molar-refractivity contribution in [3.05, 3.63) is 81.5 Å². The Labute approximate surface area is 187 Å². The van der Waals surface area contributed by atoms with Gasteiger partial charge in [-0.05, 0) is 60.0 Å². The zero-order valence-corrected chi connectivity index (χ0v) is 18.0. The SMILES string of the molecule is COc1ccc(Nc2[nH]nc(N=Cc3cccs3)c2C(=O)Nc2ccc(Cl)cc2)cc1. The number of hydrogen-bond donors (Lipinski definition) is 3. The summed E-state index contributed by atoms with van der Waals surface area (Å²) in [5.41, 5.74) is 1.66. The van der Waals surface area contributed by atoms with E-state index >= 15 is 0 Å². The third kappa shape index (κ3) is 5.11. The minimum atomic E-state index is -0.356. The average Bonchev–Trinajstić information content (AvgIpc) is 3.44. The van der Waals surface area contributed by atoms with Crippen LogP contribution in [-0.2, 0) is 0 Å². The maximum atomic E-state index is 13.1. The molecule has 2 aromatic heterocycles. The number of carbonyl (C=O) groups excluding carboxylic acids is 1. The van der Waals surface area contributed by atoms with Gasteiger partial charge in [-0.15, -0.1) is 11.3 Å². The molecule has 0 spiro atoms. The van der Waals surface area contributed by atoms with Gasteiger partial charge in [0.25, 0.3) is 5.91 Å². The smallest absolute Gasteiger partial charge is 0.263 e. The highest BCUT2D eigenvalue weighted by molar-refractivity contribution is 7.11. The summed E-state index contributed by atoms with van der Waals surface area (Å²) >= 11 is 7.48. The number of rotatable bonds is 7. The summed E-state index contributed by atoms with van der Waals surface area (Å²) in [5.74, 6) is 1.08. The molecule has 0 bridgehead atoms. The number of nitrogens with zero attached hydrogens (tertiary/aromatic N) is 2. The summed E-state index contributed by atoms with van der Waals surface area (Å²) in [5, 5.41) is 15.7. The molecule has 0 saturated heterocycles. The zero-order chi connectivity index (χ0) is 21.6. The summed E-state index contributed by atoms with van der Waals surface area (Å²) in [7, 11) is 1.61. The maximum absolute atomic E-state index is 13.1. The van der Waals surface area contributed by atoms with Crippen LogP contribution >= 0.6 is 22.9 Å². The van der Waals surface area contributed by atoms with Crippen LogP contribution in [0.2, 0.25) is 5.02 Å². The predicted molar refractivity (Wildman–Crippen MR) is 126 cm³/mol. The van der Waals surface area contributed by atoms with E-state index in [1.165, 1.54) is 0 Å². The van der Waals surface area contributed by atoms with E-state index in [2.05, 4.69) is 25.8 Å². The Morgan fingerprint density at radius 1 is 1.13 bits per heavy atom. The predicted octanol–water partition coefficient (Wildman–Crippen LogP) is 5.88. The van der Waals surface area contributed by atoms with Crippen LogP contribution in [0.15, 0.2) is 71.0 Å². The number of ether oxygens (including phenoxy) is 1. The van der Waals surface area contributed by atoms with Gasteiger partial charge in [0.2, 0.25) is 0 Å². The molecule has 0 aliphatic rings. The summed E-state index contributed by atoms with van der Waals surface area (Å²) in [6, 6.07) is 18.1. The molecule has 9 heteroatoms. The summed E-state index contributed by atoms with van der Waals surface area (Å²) in [6.45, 7) is 0. The van der Waals surface area contributed by atoms with E-state index in [9.17, 15) is 4.79 Å². The molecule has 4 rings (SSSR count). The molecule has 0 fully saturated rings. The van der Waals surface area contributed by atoms with Crippen molar-refractivity contribution in [3.8, 4) is 5.75 Å². The van der Waals surface area contributed by atoms with Gasteiger partial charge >= 0.3 is 0 Å². The Bertz CT molecular complexity index is 1190. The number of amides is 1. The van der Waals surface area contributed by atoms with Gasteiger partial charge in [0, 0.05) is 27.5 Å². The van der Waals surface area contributed by atoms with Crippen molar-refractivity contribution in [2.45, 2.75) is 0 Å². The van der Waals surface area contributed by atoms with Gasteiger partial charge in [-0.25, -0.2) is 4.99 Å². The quantitative estimate of drug-likeness (QED) is 0.306. The Balaban J connectivity index is 1.64. The molecule has 0 radical (unpaired) electrons. The second-order valence-electron chi connectivity index (χ2n) is 6.39. The Hall–Kier alpha value is -3.62. The van der Waals surface area contributed by atoms with Crippen molar-refractivity contribution in [2.24, 2.45) is 4.99 Å². The first kappa shape index (κ1) is 20.6. The topological polar surface area (TPSA) is 91.4 Å². The highest BCUT2D eigenvalue weighted by Gasteiger charge is 2.21. The summed E-state index contributed by atoms with van der Waals surface area (Å²) in [4.78, 5) is 18.5. The van der Waals surface area contributed by atoms with E-state index in [0.717, 1.165) is 16.3 Å². The minimum absolute atomic E-state index is 0.274. The van der Waals surface area contributed by atoms with Crippen molar-refractivity contribution < 1.29 is 9.53 Å². The van der Waals surface area contributed by atoms with E-state index in [1.54, 1.807) is 48.9 Å². The molecule has 7 nitrogen and oxygen atoms in total. The van der Waals surface area contributed by atoms with E-state index < -0.39 is 0 Å². The van der Waals surface area contributed by atoms with Gasteiger partial charge in [0.05, 0.1) is 7.11 Å². The number of halogens is 1. The lowest BCUT2D eigenvalue weighted by molar-refractivity contribution is 0.102. The zero-order valence-electron chi connectivity index (χ0n) is 16.4. The van der Waals surface area contributed by atoms with Crippen LogP contribution in [0.1, 0.15) is 15.2 Å². The number of anilines is 3. The molecule has 0 aliphatic heterocycles. The molecule has 0 saturated carbocycles. The number of hydrogen-bond acceptors (Lipinski definition) is 6. The molecule has 4 aromatic rings. The first-order chi connectivity index (χ1) is 15.1. The van der Waals surface area contributed by atoms with Crippen LogP contribution < -0.4 is 15.4 Å². The van der Waals surface area contributed by atoms with E-state index in [-0.39, 0.29) is 11.7 Å². The van der Waals surface area contributed by atoms with Gasteiger partial charge in [-0.2, -0.15) is 5.10 Å². The van der Waals surface area contributed by atoms with Crippen molar-refractivity contribution in [3.63, 3.8) is 0 Å². The van der Waals surface area contributed by atoms with Crippen molar-refractivity contribution in [2.75, 3.05) is 17.7 Å². The van der Waals surface area contributed by atoms with Crippen LogP contribution in [0, 0.1) is 0 Å². The molecule has 2 aromatic carbocycles. The Morgan fingerprint density at radius 2 is 1.87 bits per heavy atom. The van der Waals surface area contributed by atoms with Crippen LogP contribution in [0.3, 0.4) is 0 Å². The van der Waals surface area contributed by atoms with Crippen LogP contribution in [0.5, 0.6) is 5.75 Å². The third-order valence-corrected chi connectivity index (χ3v) is 5.35. The number of benzene rings is 2. The van der Waals surface area contributed by atoms with Crippen molar-refractivity contribution >= 4 is 58.1 Å². The largest absolute Gasteiger partial charge is 0.497 e. The van der Waals surface area contributed by atoms with E-state index in [4.69, 9.17) is 16.3 Å². The summed E-state index contributed by atoms with van der Waals surface area (Å²) in [6.07, 6.45) is 1.68. The van der Waals surface area contributed by atoms with Gasteiger partial charge in [0.1, 0.15) is 17.1 Å². The van der Waals surface area contributed by atoms with Gasteiger partial charge < -0.3 is 15.4 Å². The normalized spacial score (nSPS) is 10.9. The monoisotopic (exact) mass is 451 g/mol. The third-order valence-electron chi connectivity index (χ3n) is 4.29. The lowest BCUT2D eigenvalue weighted by atomic mass is 10.2. The Morgan fingerprint density at radius 3 is 2.55 bits per heavy atom. The molecular weight excluding hydrogens is 434 g/mol. The maximum Gasteiger partial charge on any atom is 0.263 e. The van der Waals surface area contributed by atoms with Gasteiger partial charge in [-0.1, -0.05) is 17.7 Å². The van der Waals surface area contributed by atoms with Crippen molar-refractivity contribution in [1.29, 1.82) is 0 Å². The second kappa shape index (κ2) is 9.46. The molecule has 2 heterocycles. The number of aromatic amines is 1. The molecule has 0 atom stereocenters. The van der Waals surface area contributed by atoms with Crippen LogP contribution in [0.25, 0.3) is 0 Å². The lowest BCUT2D eigenvalue weighted by Gasteiger charge is -2.09. The summed E-state index contributed by atoms with van der Waals surface area (Å²) < 4.78 is 5.19. The number of nitrogens with one attached hydrogen (secondary N) is 3. The number of methoxy groups -OCH3 is 1. The fraction of sp³-hybridized carbons (Fsp3) is 0.0455. The first-order valence-electron chi connectivity index (χ1n) is 9.26. The van der Waals surface area contributed by atoms with Crippen LogP contribution in [-0.4, -0.2) is 29.4 Å². The van der Waals surface area contributed by atoms with Gasteiger partial charge in [-0.3, -0.25) is 9.89 Å². The highest BCUT2D eigenvalue weighted by Crippen LogP contribution is 2.29. The number of thiophene rings is 1. The van der Waals surface area contributed by atoms with Crippen molar-refractivity contribution in [1.82, 2.24) is 10.2 Å². The van der Waals surface area contributed by atoms with E-state index in [0.29, 0.717) is 22.1 Å². The lowest BCUT2D eigenvalue weighted by Crippen LogP contribution is -2.13. The molecule has 156 valence electrons. The fourth-order valence-corrected chi connectivity index (χ4v) is 3.48. The second-order valence-corrected chi connectivity index (χ2v) is 7.80. The highest BCUT2D eigenvalue weighted by atomic mass is 35.5. The number of aliphatic imine (C=N–C) groups is 1. The standard InChI is InChI=1S/C22H18ClN5O2S/c1-30-17-10-8-15(9-11-17)25-21-19(22(29)26-16-6-4-14(23)5-7-16)20(27-28-21)24-13-18-3-2-12-31-18/h2-13H,1H3,(H,26,29)(H2,25,27,28). The first-order valence-corrected chi connectivity index (χ1v) is 10.5. The number of carbonyl (C=O) groups is 1. The fourth-order valence-electron chi connectivity index (χ4n) is 2.77.